The molecule has 0 saturated carbocycles. The van der Waals surface area contributed by atoms with E-state index in [4.69, 9.17) is 4.52 Å². The Morgan fingerprint density at radius 2 is 2.00 bits per heavy atom. The third kappa shape index (κ3) is 3.58. The highest BCUT2D eigenvalue weighted by Crippen LogP contribution is 2.19. The summed E-state index contributed by atoms with van der Waals surface area (Å²) in [4.78, 5) is 8.77. The Kier molecular flexibility index (Phi) is 4.16. The van der Waals surface area contributed by atoms with Crippen molar-refractivity contribution in [3.8, 4) is 0 Å². The quantitative estimate of drug-likeness (QED) is 0.684. The van der Waals surface area contributed by atoms with Crippen LogP contribution in [0.25, 0.3) is 11.0 Å². The van der Waals surface area contributed by atoms with Gasteiger partial charge in [-0.3, -0.25) is 0 Å². The Morgan fingerprint density at radius 3 is 2.74 bits per heavy atom. The smallest absolute Gasteiger partial charge is 0.246 e. The van der Waals surface area contributed by atoms with Gasteiger partial charge in [-0.15, -0.1) is 0 Å². The van der Waals surface area contributed by atoms with Crippen molar-refractivity contribution in [2.45, 2.75) is 32.1 Å². The Hall–Kier alpha value is -2.22. The second-order valence-electron chi connectivity index (χ2n) is 5.53. The van der Waals surface area contributed by atoms with Gasteiger partial charge in [0.1, 0.15) is 18.1 Å². The third-order valence-electron chi connectivity index (χ3n) is 3.40. The van der Waals surface area contributed by atoms with Gasteiger partial charge >= 0.3 is 0 Å². The van der Waals surface area contributed by atoms with Crippen molar-refractivity contribution >= 4 is 20.9 Å². The summed E-state index contributed by atoms with van der Waals surface area (Å²) in [6.07, 6.45) is 2.89. The number of imidazole rings is 1. The Morgan fingerprint density at radius 1 is 1.22 bits per heavy atom. The fraction of sp³-hybridized carbons (Fsp3) is 0.400. The van der Waals surface area contributed by atoms with Gasteiger partial charge in [0.2, 0.25) is 5.89 Å². The first-order valence-electron chi connectivity index (χ1n) is 7.39. The minimum atomic E-state index is -3.19. The first kappa shape index (κ1) is 15.7. The number of benzene rings is 1. The average molecular weight is 334 g/mol. The monoisotopic (exact) mass is 334 g/mol. The summed E-state index contributed by atoms with van der Waals surface area (Å²) in [6, 6.07) is 7.52. The molecule has 1 aromatic carbocycles. The Balaban J connectivity index is 2.01. The van der Waals surface area contributed by atoms with E-state index in [2.05, 4.69) is 15.1 Å². The number of hydrogen-bond acceptors (Lipinski definition) is 6. The van der Waals surface area contributed by atoms with Crippen LogP contribution in [0.5, 0.6) is 0 Å². The maximum absolute atomic E-state index is 11.7. The summed E-state index contributed by atoms with van der Waals surface area (Å²) >= 11 is 0. The van der Waals surface area contributed by atoms with Crippen LogP contribution in [0.2, 0.25) is 0 Å². The van der Waals surface area contributed by atoms with E-state index in [0.29, 0.717) is 24.1 Å². The van der Waals surface area contributed by atoms with Crippen LogP contribution in [0.4, 0.5) is 0 Å². The highest BCUT2D eigenvalue weighted by Gasteiger charge is 2.17. The van der Waals surface area contributed by atoms with Crippen LogP contribution in [0.3, 0.4) is 0 Å². The molecule has 2 heterocycles. The molecule has 0 aliphatic carbocycles. The maximum Gasteiger partial charge on any atom is 0.246 e. The van der Waals surface area contributed by atoms with Crippen LogP contribution >= 0.6 is 0 Å². The molecule has 122 valence electrons. The summed E-state index contributed by atoms with van der Waals surface area (Å²) in [5.41, 5.74) is 1.60. The average Bonchev–Trinajstić information content (AvgIpc) is 3.04. The number of aryl methyl sites for hydroxylation is 1. The fourth-order valence-electron chi connectivity index (χ4n) is 2.46. The zero-order valence-corrected chi connectivity index (χ0v) is 13.9. The number of aromatic nitrogens is 4. The largest absolute Gasteiger partial charge is 0.337 e. The molecule has 23 heavy (non-hydrogen) atoms. The molecule has 3 rings (SSSR count). The Labute approximate surface area is 134 Å². The Bertz CT molecular complexity index is 927. The van der Waals surface area contributed by atoms with Gasteiger partial charge in [-0.25, -0.2) is 13.4 Å². The second kappa shape index (κ2) is 6.11. The lowest BCUT2D eigenvalue weighted by atomic mass is 10.3. The second-order valence-corrected chi connectivity index (χ2v) is 7.67. The molecule has 7 nitrogen and oxygen atoms in total. The van der Waals surface area contributed by atoms with E-state index >= 15 is 0 Å². The van der Waals surface area contributed by atoms with Crippen LogP contribution in [0, 0.1) is 0 Å². The van der Waals surface area contributed by atoms with E-state index in [0.717, 1.165) is 23.9 Å². The predicted octanol–water partition coefficient (Wildman–Crippen LogP) is 1.96. The van der Waals surface area contributed by atoms with E-state index in [1.54, 1.807) is 0 Å². The SMILES string of the molecule is CCCc1noc(Cn2c(CS(C)(=O)=O)nc3ccccc32)n1. The lowest BCUT2D eigenvalue weighted by Crippen LogP contribution is -2.10. The molecule has 0 saturated heterocycles. The summed E-state index contributed by atoms with van der Waals surface area (Å²) in [7, 11) is -3.19. The number of rotatable bonds is 6. The minimum absolute atomic E-state index is 0.127. The van der Waals surface area contributed by atoms with Crippen LogP contribution in [0.15, 0.2) is 28.8 Å². The van der Waals surface area contributed by atoms with E-state index in [-0.39, 0.29) is 5.75 Å². The van der Waals surface area contributed by atoms with Crippen LogP contribution in [-0.2, 0) is 28.6 Å². The predicted molar refractivity (Wildman–Crippen MR) is 85.7 cm³/mol. The van der Waals surface area contributed by atoms with E-state index in [9.17, 15) is 8.42 Å². The first-order valence-corrected chi connectivity index (χ1v) is 9.45. The molecule has 0 radical (unpaired) electrons. The van der Waals surface area contributed by atoms with Crippen LogP contribution < -0.4 is 0 Å². The molecular weight excluding hydrogens is 316 g/mol. The topological polar surface area (TPSA) is 90.9 Å². The molecule has 2 aromatic heterocycles. The molecule has 0 aliphatic rings. The first-order chi connectivity index (χ1) is 11.0. The maximum atomic E-state index is 11.7. The zero-order chi connectivity index (χ0) is 16.4. The van der Waals surface area contributed by atoms with Gasteiger partial charge in [-0.1, -0.05) is 24.2 Å². The molecule has 8 heteroatoms. The van der Waals surface area contributed by atoms with Gasteiger partial charge in [0.05, 0.1) is 11.0 Å². The van der Waals surface area contributed by atoms with Crippen molar-refractivity contribution in [1.29, 1.82) is 0 Å². The molecule has 0 amide bonds. The van der Waals surface area contributed by atoms with Gasteiger partial charge in [-0.2, -0.15) is 4.98 Å². The highest BCUT2D eigenvalue weighted by molar-refractivity contribution is 7.89. The normalized spacial score (nSPS) is 12.1. The number of para-hydroxylation sites is 2. The number of sulfone groups is 1. The molecule has 0 N–H and O–H groups in total. The summed E-state index contributed by atoms with van der Waals surface area (Å²) < 4.78 is 30.4. The fourth-order valence-corrected chi connectivity index (χ4v) is 3.15. The summed E-state index contributed by atoms with van der Waals surface area (Å²) in [5.74, 6) is 1.46. The molecule has 0 fully saturated rings. The van der Waals surface area contributed by atoms with Crippen LogP contribution in [0.1, 0.15) is 30.9 Å². The number of hydrogen-bond donors (Lipinski definition) is 0. The van der Waals surface area contributed by atoms with Crippen molar-refractivity contribution in [2.24, 2.45) is 0 Å². The van der Waals surface area contributed by atoms with Crippen LogP contribution in [-0.4, -0.2) is 34.4 Å². The molecule has 3 aromatic rings. The van der Waals surface area contributed by atoms with E-state index in [1.165, 1.54) is 6.26 Å². The van der Waals surface area contributed by atoms with Crippen molar-refractivity contribution in [1.82, 2.24) is 19.7 Å². The van der Waals surface area contributed by atoms with Crippen molar-refractivity contribution in [3.63, 3.8) is 0 Å². The van der Waals surface area contributed by atoms with Gasteiger partial charge in [0, 0.05) is 12.7 Å². The summed E-state index contributed by atoms with van der Waals surface area (Å²) in [6.45, 7) is 2.35. The molecule has 0 unspecified atom stereocenters. The highest BCUT2D eigenvalue weighted by atomic mass is 32.2. The molecule has 0 aliphatic heterocycles. The lowest BCUT2D eigenvalue weighted by Gasteiger charge is -2.05. The van der Waals surface area contributed by atoms with Crippen molar-refractivity contribution < 1.29 is 12.9 Å². The summed E-state index contributed by atoms with van der Waals surface area (Å²) in [5, 5.41) is 3.93. The molecule has 0 spiro atoms. The standard InChI is InChI=1S/C15H18N4O3S/c1-3-6-13-17-15(22-18-13)9-19-12-8-5-4-7-11(12)16-14(19)10-23(2,20)21/h4-5,7-8H,3,6,9-10H2,1-2H3. The number of fused-ring (bicyclic) bond motifs is 1. The zero-order valence-electron chi connectivity index (χ0n) is 13.1. The molecule has 0 atom stereocenters. The molecule has 0 bridgehead atoms. The number of nitrogens with zero attached hydrogens (tertiary/aromatic N) is 4. The molecular formula is C15H18N4O3S. The van der Waals surface area contributed by atoms with Gasteiger partial charge in [0.25, 0.3) is 0 Å². The van der Waals surface area contributed by atoms with Crippen molar-refractivity contribution in [3.05, 3.63) is 41.8 Å². The van der Waals surface area contributed by atoms with Gasteiger partial charge in [-0.05, 0) is 18.6 Å². The van der Waals surface area contributed by atoms with Gasteiger partial charge in [0.15, 0.2) is 15.7 Å². The van der Waals surface area contributed by atoms with Crippen molar-refractivity contribution in [2.75, 3.05) is 6.26 Å². The van der Waals surface area contributed by atoms with Gasteiger partial charge < -0.3 is 9.09 Å². The third-order valence-corrected chi connectivity index (χ3v) is 4.18. The van der Waals surface area contributed by atoms with E-state index in [1.807, 2.05) is 35.8 Å². The minimum Gasteiger partial charge on any atom is -0.337 e. The van der Waals surface area contributed by atoms with E-state index < -0.39 is 9.84 Å². The lowest BCUT2D eigenvalue weighted by molar-refractivity contribution is 0.366.